The predicted molar refractivity (Wildman–Crippen MR) is 371 cm³/mol. The molecule has 0 saturated carbocycles. The number of hydrogen-bond donors (Lipinski definition) is 2. The Morgan fingerprint density at radius 3 is 1.25 bits per heavy atom. The molecule has 484 valence electrons. The normalized spacial score (nSPS) is 10.7. The van der Waals surface area contributed by atoms with Crippen LogP contribution in [0.25, 0.3) is 22.3 Å². The van der Waals surface area contributed by atoms with Crippen LogP contribution in [0.4, 0.5) is 26.2 Å². The number of anilines is 1. The van der Waals surface area contributed by atoms with E-state index in [-0.39, 0.29) is 46.2 Å². The van der Waals surface area contributed by atoms with Gasteiger partial charge in [-0.05, 0) is 87.4 Å². The van der Waals surface area contributed by atoms with Crippen LogP contribution in [-0.4, -0.2) is 67.8 Å². The second-order valence-corrected chi connectivity index (χ2v) is 22.6. The molecule has 3 N–H and O–H groups in total. The molecule has 0 spiro atoms. The van der Waals surface area contributed by atoms with Crippen molar-refractivity contribution in [3.8, 4) is 45.3 Å². The van der Waals surface area contributed by atoms with E-state index in [2.05, 4.69) is 30.1 Å². The van der Waals surface area contributed by atoms with Gasteiger partial charge in [0.15, 0.2) is 34.6 Å². The van der Waals surface area contributed by atoms with Crippen LogP contribution in [0.15, 0.2) is 263 Å². The highest BCUT2D eigenvalue weighted by atomic mass is 35.5. The number of nitrogens with zero attached hydrogens (tertiary/aromatic N) is 10. The van der Waals surface area contributed by atoms with Crippen LogP contribution in [0.3, 0.4) is 0 Å². The van der Waals surface area contributed by atoms with Crippen molar-refractivity contribution in [2.75, 3.05) is 5.73 Å². The van der Waals surface area contributed by atoms with Gasteiger partial charge in [-0.15, -0.1) is 0 Å². The Morgan fingerprint density at radius 1 is 0.505 bits per heavy atom. The number of halogens is 4. The molecule has 12 aromatic rings. The Kier molecular flexibility index (Phi) is 22.2. The number of rotatable bonds is 18. The van der Waals surface area contributed by atoms with Crippen molar-refractivity contribution < 1.29 is 33.0 Å². The van der Waals surface area contributed by atoms with Gasteiger partial charge in [-0.2, -0.15) is 10.2 Å². The van der Waals surface area contributed by atoms with Gasteiger partial charge in [0.05, 0.1) is 30.2 Å². The second kappa shape index (κ2) is 31.8. The number of nitrogen functional groups attached to an aromatic ring is 1. The third-order valence-electron chi connectivity index (χ3n) is 14.4. The molecule has 0 aliphatic rings. The molecule has 0 radical (unpaired) electrons. The molecule has 0 bridgehead atoms. The van der Waals surface area contributed by atoms with Crippen molar-refractivity contribution in [3.05, 3.63) is 325 Å². The summed E-state index contributed by atoms with van der Waals surface area (Å²) >= 11 is 13.3. The number of aliphatic imine (C=N–C) groups is 2. The molecule has 0 atom stereocenters. The van der Waals surface area contributed by atoms with Gasteiger partial charge in [0.2, 0.25) is 16.6 Å². The SMILES string of the molecule is CC(C)n1cc(-c2ccc(F)cc2)c(=O)c(C(=O)Cc2ccc(Oc3ccnc(N=C(c4ccccc4)c4ccccc4)c3Cl)cn2)n1.CC(C)n1cc(-c2ccc(F)cc2)c(=O)c(C(=O)O)n1.Nc1ccc(Oc2ccnc(N=C(c3ccccc3)c3ccccc3)c2Cl)cn1. The van der Waals surface area contributed by atoms with Gasteiger partial charge in [-0.3, -0.25) is 28.7 Å². The zero-order chi connectivity index (χ0) is 68.5. The number of pyridine rings is 4. The molecule has 0 aliphatic carbocycles. The number of Topliss-reactive ketones (excluding diaryl/α,β-unsaturated/α-hetero) is 1. The zero-order valence-electron chi connectivity index (χ0n) is 52.4. The first-order valence-electron chi connectivity index (χ1n) is 30.1. The number of aromatic nitrogens is 8. The molecule has 22 heteroatoms. The average Bonchev–Trinajstić information content (AvgIpc) is 0.883. The van der Waals surface area contributed by atoms with E-state index in [9.17, 15) is 28.0 Å². The van der Waals surface area contributed by atoms with E-state index in [4.69, 9.17) is 53.5 Å². The molecular weight excluding hydrogens is 1280 g/mol. The fourth-order valence-electron chi connectivity index (χ4n) is 9.40. The molecule has 6 aromatic carbocycles. The number of carboxylic acid groups (broad SMARTS) is 1. The van der Waals surface area contributed by atoms with Gasteiger partial charge in [-0.1, -0.05) is 169 Å². The number of nitrogens with two attached hydrogens (primary N) is 1. The molecule has 0 unspecified atom stereocenters. The predicted octanol–water partition coefficient (Wildman–Crippen LogP) is 16.5. The van der Waals surface area contributed by atoms with Gasteiger partial charge < -0.3 is 20.3 Å². The van der Waals surface area contributed by atoms with E-state index in [0.717, 1.165) is 28.0 Å². The van der Waals surface area contributed by atoms with Crippen LogP contribution < -0.4 is 26.1 Å². The summed E-state index contributed by atoms with van der Waals surface area (Å²) in [5.41, 5.74) is 10.7. The van der Waals surface area contributed by atoms with E-state index < -0.39 is 39.9 Å². The Balaban J connectivity index is 0.000000176. The van der Waals surface area contributed by atoms with Crippen molar-refractivity contribution in [3.63, 3.8) is 0 Å². The van der Waals surface area contributed by atoms with Crippen molar-refractivity contribution in [1.82, 2.24) is 39.5 Å². The number of aromatic carboxylic acids is 1. The number of carbonyl (C=O) groups excluding carboxylic acids is 1. The summed E-state index contributed by atoms with van der Waals surface area (Å²) in [6, 6.07) is 59.9. The quantitative estimate of drug-likeness (QED) is 0.0599. The molecule has 0 saturated heterocycles. The summed E-state index contributed by atoms with van der Waals surface area (Å²) in [5, 5.41) is 17.7. The molecule has 97 heavy (non-hydrogen) atoms. The third-order valence-corrected chi connectivity index (χ3v) is 15.1. The highest BCUT2D eigenvalue weighted by Crippen LogP contribution is 2.38. The number of carbonyl (C=O) groups is 2. The molecule has 6 heterocycles. The number of benzene rings is 6. The summed E-state index contributed by atoms with van der Waals surface area (Å²) in [6.07, 6.45) is 9.07. The van der Waals surface area contributed by atoms with Gasteiger partial charge >= 0.3 is 5.97 Å². The van der Waals surface area contributed by atoms with E-state index >= 15 is 0 Å². The summed E-state index contributed by atoms with van der Waals surface area (Å²) in [4.78, 5) is 76.7. The van der Waals surface area contributed by atoms with Gasteiger partial charge in [0.1, 0.15) is 39.0 Å². The Morgan fingerprint density at radius 2 is 0.887 bits per heavy atom. The van der Waals surface area contributed by atoms with Gasteiger partial charge in [-0.25, -0.2) is 38.5 Å². The molecular formula is C75H59Cl2F2N11O7. The Labute approximate surface area is 565 Å². The van der Waals surface area contributed by atoms with Crippen molar-refractivity contribution in [2.24, 2.45) is 9.98 Å². The van der Waals surface area contributed by atoms with E-state index in [1.54, 1.807) is 59.7 Å². The second-order valence-electron chi connectivity index (χ2n) is 21.9. The maximum atomic E-state index is 13.5. The molecule has 12 rings (SSSR count). The lowest BCUT2D eigenvalue weighted by molar-refractivity contribution is 0.0685. The first-order chi connectivity index (χ1) is 46.9. The van der Waals surface area contributed by atoms with Gasteiger partial charge in [0, 0.05) is 88.1 Å². The fraction of sp³-hybridized carbons (Fsp3) is 0.0933. The van der Waals surface area contributed by atoms with E-state index in [1.807, 2.05) is 149 Å². The number of hydrogen-bond acceptors (Lipinski definition) is 15. The third kappa shape index (κ3) is 17.4. The lowest BCUT2D eigenvalue weighted by Crippen LogP contribution is -2.25. The zero-order valence-corrected chi connectivity index (χ0v) is 53.9. The van der Waals surface area contributed by atoms with Crippen molar-refractivity contribution >= 4 is 63.8 Å². The molecule has 0 fully saturated rings. The minimum Gasteiger partial charge on any atom is -0.476 e. The molecule has 0 aliphatic heterocycles. The summed E-state index contributed by atoms with van der Waals surface area (Å²) < 4.78 is 41.3. The summed E-state index contributed by atoms with van der Waals surface area (Å²) in [5.74, 6) is 0.00851. The first-order valence-corrected chi connectivity index (χ1v) is 30.9. The fourth-order valence-corrected chi connectivity index (χ4v) is 9.79. The highest BCUT2D eigenvalue weighted by molar-refractivity contribution is 6.35. The highest BCUT2D eigenvalue weighted by Gasteiger charge is 2.22. The summed E-state index contributed by atoms with van der Waals surface area (Å²) in [7, 11) is 0. The minimum absolute atomic E-state index is 0.104. The number of carboxylic acids is 1. The maximum Gasteiger partial charge on any atom is 0.360 e. The van der Waals surface area contributed by atoms with E-state index in [0.29, 0.717) is 62.2 Å². The monoisotopic (exact) mass is 1330 g/mol. The minimum atomic E-state index is -1.38. The molecule has 18 nitrogen and oxygen atoms in total. The topological polar surface area (TPSA) is 245 Å². The average molecular weight is 1340 g/mol. The lowest BCUT2D eigenvalue weighted by Gasteiger charge is -2.13. The van der Waals surface area contributed by atoms with Crippen molar-refractivity contribution in [2.45, 2.75) is 46.2 Å². The number of ketones is 1. The van der Waals surface area contributed by atoms with Crippen LogP contribution in [-0.2, 0) is 6.42 Å². The Bertz CT molecular complexity index is 4840. The molecule has 0 amide bonds. The lowest BCUT2D eigenvalue weighted by atomic mass is 10.0. The van der Waals surface area contributed by atoms with Crippen LogP contribution in [0.2, 0.25) is 10.0 Å². The van der Waals surface area contributed by atoms with Gasteiger partial charge in [0.25, 0.3) is 0 Å². The van der Waals surface area contributed by atoms with Crippen molar-refractivity contribution in [1.29, 1.82) is 0 Å². The standard InChI is InChI=1S/C38H29ClFN5O3.C23H17ClN4O.C14H13FN2O3/c1-24(2)45-23-31(25-13-15-28(40)16-14-25)37(47)36(44-45)32(46)21-29-17-18-30(22-42-29)48-33-19-20-41-38(34(33)39)43-35(26-9-5-3-6-10-26)27-11-7-4-8-12-27;24-21-19(29-18-11-12-20(25)27-15-18)13-14-26-23(21)28-22(16-7-3-1-4-8-16)17-9-5-2-6-10-17;1-8(2)17-7-11(9-3-5-10(15)6-4-9)13(18)12(16-17)14(19)20/h3-20,22-24H,21H2,1-2H3;1-15H,(H2,25,27);3-8H,1-2H3,(H,19,20). The first kappa shape index (κ1) is 67.9. The number of ether oxygens (including phenoxy) is 2. The van der Waals surface area contributed by atoms with Crippen LogP contribution in [0.1, 0.15) is 88.7 Å². The Hall–Kier alpha value is -12.0. The maximum absolute atomic E-state index is 13.5. The summed E-state index contributed by atoms with van der Waals surface area (Å²) in [6.45, 7) is 7.40. The van der Waals surface area contributed by atoms with Crippen LogP contribution in [0, 0.1) is 11.6 Å². The molecule has 6 aromatic heterocycles. The van der Waals surface area contributed by atoms with Crippen LogP contribution in [0.5, 0.6) is 23.0 Å². The van der Waals surface area contributed by atoms with Crippen LogP contribution >= 0.6 is 23.2 Å². The smallest absolute Gasteiger partial charge is 0.360 e. The largest absolute Gasteiger partial charge is 0.476 e. The van der Waals surface area contributed by atoms with E-state index in [1.165, 1.54) is 71.8 Å².